The largest absolute Gasteiger partial charge is 0.353 e. The highest BCUT2D eigenvalue weighted by Crippen LogP contribution is 2.30. The van der Waals surface area contributed by atoms with Crippen molar-refractivity contribution in [3.63, 3.8) is 0 Å². The first-order valence-electron chi connectivity index (χ1n) is 9.92. The predicted molar refractivity (Wildman–Crippen MR) is 97.7 cm³/mol. The van der Waals surface area contributed by atoms with Gasteiger partial charge in [0.05, 0.1) is 5.69 Å². The van der Waals surface area contributed by atoms with Gasteiger partial charge in [0, 0.05) is 44.7 Å². The molecular formula is C19H29N5O2. The molecule has 2 amide bonds. The summed E-state index contributed by atoms with van der Waals surface area (Å²) >= 11 is 0. The van der Waals surface area contributed by atoms with Crippen LogP contribution < -0.4 is 5.32 Å². The van der Waals surface area contributed by atoms with E-state index in [9.17, 15) is 9.59 Å². The second-order valence-electron chi connectivity index (χ2n) is 7.92. The molecule has 0 bridgehead atoms. The third-order valence-electron chi connectivity index (χ3n) is 6.55. The molecule has 142 valence electrons. The van der Waals surface area contributed by atoms with Crippen molar-refractivity contribution < 1.29 is 9.59 Å². The summed E-state index contributed by atoms with van der Waals surface area (Å²) in [5.41, 5.74) is 3.27. The van der Waals surface area contributed by atoms with Crippen LogP contribution in [0.4, 0.5) is 0 Å². The minimum atomic E-state index is -0.420. The molecule has 1 spiro atoms. The number of piperidine rings is 1. The topological polar surface area (TPSA) is 81.3 Å². The lowest BCUT2D eigenvalue weighted by atomic mass is 9.83. The molecule has 0 atom stereocenters. The van der Waals surface area contributed by atoms with Crippen molar-refractivity contribution in [1.82, 2.24) is 25.3 Å². The van der Waals surface area contributed by atoms with Gasteiger partial charge in [0.25, 0.3) is 0 Å². The number of aryl methyl sites for hydroxylation is 2. The third kappa shape index (κ3) is 3.02. The Balaban J connectivity index is 1.33. The number of carbonyl (C=O) groups excluding carboxylic acids is 2. The van der Waals surface area contributed by atoms with Crippen molar-refractivity contribution in [1.29, 1.82) is 0 Å². The summed E-state index contributed by atoms with van der Waals surface area (Å²) in [7, 11) is 2.02. The van der Waals surface area contributed by atoms with Crippen LogP contribution in [0.5, 0.6) is 0 Å². The number of nitrogens with one attached hydrogen (secondary N) is 2. The van der Waals surface area contributed by atoms with Crippen molar-refractivity contribution in [3.8, 4) is 0 Å². The Hall–Kier alpha value is -1.89. The van der Waals surface area contributed by atoms with E-state index in [0.29, 0.717) is 32.5 Å². The SMILES string of the molecule is CN1CCNC(=O)C12CCN(C(=O)CCc1n[nH]c3c1CCCC3)CC2. The van der Waals surface area contributed by atoms with Gasteiger partial charge in [-0.05, 0) is 51.1 Å². The molecular weight excluding hydrogens is 330 g/mol. The zero-order valence-corrected chi connectivity index (χ0v) is 15.6. The Morgan fingerprint density at radius 2 is 1.96 bits per heavy atom. The molecule has 0 saturated carbocycles. The smallest absolute Gasteiger partial charge is 0.240 e. The monoisotopic (exact) mass is 359 g/mol. The summed E-state index contributed by atoms with van der Waals surface area (Å²) in [6.45, 7) is 2.92. The fourth-order valence-electron chi connectivity index (χ4n) is 4.76. The number of aromatic amines is 1. The van der Waals surface area contributed by atoms with Gasteiger partial charge in [-0.15, -0.1) is 0 Å². The number of hydrogen-bond acceptors (Lipinski definition) is 4. The molecule has 7 nitrogen and oxygen atoms in total. The van der Waals surface area contributed by atoms with Gasteiger partial charge in [0.2, 0.25) is 11.8 Å². The van der Waals surface area contributed by atoms with Gasteiger partial charge in [0.1, 0.15) is 5.54 Å². The Kier molecular flexibility index (Phi) is 4.73. The quantitative estimate of drug-likeness (QED) is 0.830. The molecule has 0 radical (unpaired) electrons. The highest BCUT2D eigenvalue weighted by Gasteiger charge is 2.46. The fraction of sp³-hybridized carbons (Fsp3) is 0.737. The second-order valence-corrected chi connectivity index (χ2v) is 7.92. The van der Waals surface area contributed by atoms with E-state index in [1.165, 1.54) is 24.1 Å². The first-order valence-corrected chi connectivity index (χ1v) is 9.92. The van der Waals surface area contributed by atoms with Crippen molar-refractivity contribution in [2.45, 2.75) is 56.9 Å². The molecule has 0 aromatic carbocycles. The van der Waals surface area contributed by atoms with Gasteiger partial charge in [0.15, 0.2) is 0 Å². The Morgan fingerprint density at radius 1 is 1.19 bits per heavy atom. The maximum atomic E-state index is 12.7. The number of aromatic nitrogens is 2. The number of fused-ring (bicyclic) bond motifs is 1. The molecule has 1 aromatic rings. The van der Waals surface area contributed by atoms with Gasteiger partial charge in [-0.3, -0.25) is 19.6 Å². The molecule has 2 N–H and O–H groups in total. The second kappa shape index (κ2) is 7.02. The first-order chi connectivity index (χ1) is 12.6. The lowest BCUT2D eigenvalue weighted by molar-refractivity contribution is -0.145. The average Bonchev–Trinajstić information content (AvgIpc) is 3.08. The van der Waals surface area contributed by atoms with Crippen LogP contribution in [0.2, 0.25) is 0 Å². The van der Waals surface area contributed by atoms with E-state index in [-0.39, 0.29) is 11.8 Å². The zero-order valence-electron chi connectivity index (χ0n) is 15.6. The molecule has 7 heteroatoms. The van der Waals surface area contributed by atoms with Gasteiger partial charge in [-0.2, -0.15) is 5.10 Å². The van der Waals surface area contributed by atoms with E-state index in [1.54, 1.807) is 0 Å². The summed E-state index contributed by atoms with van der Waals surface area (Å²) in [6, 6.07) is 0. The van der Waals surface area contributed by atoms with Crippen molar-refractivity contribution in [3.05, 3.63) is 17.0 Å². The van der Waals surface area contributed by atoms with Crippen LogP contribution in [0.3, 0.4) is 0 Å². The molecule has 4 rings (SSSR count). The minimum Gasteiger partial charge on any atom is -0.353 e. The number of likely N-dealkylation sites (N-methyl/N-ethyl adjacent to an activating group) is 1. The van der Waals surface area contributed by atoms with Crippen LogP contribution >= 0.6 is 0 Å². The highest BCUT2D eigenvalue weighted by molar-refractivity contribution is 5.87. The molecule has 3 aliphatic rings. The Bertz CT molecular complexity index is 690. The van der Waals surface area contributed by atoms with Crippen molar-refractivity contribution in [2.24, 2.45) is 0 Å². The minimum absolute atomic E-state index is 0.126. The maximum Gasteiger partial charge on any atom is 0.240 e. The summed E-state index contributed by atoms with van der Waals surface area (Å²) in [5.74, 6) is 0.313. The van der Waals surface area contributed by atoms with E-state index in [1.807, 2.05) is 11.9 Å². The molecule has 2 saturated heterocycles. The third-order valence-corrected chi connectivity index (χ3v) is 6.55. The number of hydrogen-bond donors (Lipinski definition) is 2. The number of likely N-dealkylation sites (tertiary alicyclic amines) is 1. The normalized spacial score (nSPS) is 23.0. The summed E-state index contributed by atoms with van der Waals surface area (Å²) in [4.78, 5) is 29.2. The molecule has 2 fully saturated rings. The van der Waals surface area contributed by atoms with Gasteiger partial charge < -0.3 is 10.2 Å². The van der Waals surface area contributed by atoms with E-state index < -0.39 is 5.54 Å². The van der Waals surface area contributed by atoms with Gasteiger partial charge in [-0.25, -0.2) is 0 Å². The highest BCUT2D eigenvalue weighted by atomic mass is 16.2. The van der Waals surface area contributed by atoms with E-state index in [0.717, 1.165) is 37.9 Å². The lowest BCUT2D eigenvalue weighted by Crippen LogP contribution is -2.67. The Morgan fingerprint density at radius 3 is 2.73 bits per heavy atom. The number of nitrogens with zero attached hydrogens (tertiary/aromatic N) is 3. The number of piperazine rings is 1. The van der Waals surface area contributed by atoms with E-state index in [2.05, 4.69) is 20.4 Å². The van der Waals surface area contributed by atoms with Crippen LogP contribution in [-0.2, 0) is 28.9 Å². The number of carbonyl (C=O) groups is 2. The molecule has 26 heavy (non-hydrogen) atoms. The van der Waals surface area contributed by atoms with Crippen LogP contribution in [0.1, 0.15) is 49.1 Å². The first kappa shape index (κ1) is 17.5. The summed E-state index contributed by atoms with van der Waals surface area (Å²) in [6.07, 6.45) is 7.28. The van der Waals surface area contributed by atoms with Crippen molar-refractivity contribution in [2.75, 3.05) is 33.2 Å². The predicted octanol–water partition coefficient (Wildman–Crippen LogP) is 0.644. The van der Waals surface area contributed by atoms with Crippen molar-refractivity contribution >= 4 is 11.8 Å². The Labute approximate surface area is 154 Å². The summed E-state index contributed by atoms with van der Waals surface area (Å²) in [5, 5.41) is 10.6. The molecule has 0 unspecified atom stereocenters. The average molecular weight is 359 g/mol. The zero-order chi connectivity index (χ0) is 18.1. The van der Waals surface area contributed by atoms with Crippen LogP contribution in [0.25, 0.3) is 0 Å². The number of amides is 2. The molecule has 2 aliphatic heterocycles. The van der Waals surface area contributed by atoms with Crippen LogP contribution in [0.15, 0.2) is 0 Å². The summed E-state index contributed by atoms with van der Waals surface area (Å²) < 4.78 is 0. The fourth-order valence-corrected chi connectivity index (χ4v) is 4.76. The molecule has 3 heterocycles. The van der Waals surface area contributed by atoms with Crippen LogP contribution in [-0.4, -0.2) is 70.6 Å². The number of rotatable bonds is 3. The van der Waals surface area contributed by atoms with Gasteiger partial charge in [-0.1, -0.05) is 0 Å². The van der Waals surface area contributed by atoms with Crippen LogP contribution in [0, 0.1) is 0 Å². The van der Waals surface area contributed by atoms with Gasteiger partial charge >= 0.3 is 0 Å². The standard InChI is InChI=1S/C19H29N5O2/c1-23-13-10-20-18(26)19(23)8-11-24(12-9-19)17(25)7-6-16-14-4-2-3-5-15(14)21-22-16/h2-13H2,1H3,(H,20,26)(H,21,22). The molecule has 1 aliphatic carbocycles. The maximum absolute atomic E-state index is 12.7. The molecule has 1 aromatic heterocycles. The lowest BCUT2D eigenvalue weighted by Gasteiger charge is -2.48. The number of H-pyrrole nitrogens is 1. The van der Waals surface area contributed by atoms with E-state index in [4.69, 9.17) is 0 Å². The van der Waals surface area contributed by atoms with E-state index >= 15 is 0 Å².